The number of carbonyl (C=O) groups excluding carboxylic acids is 2. The predicted octanol–water partition coefficient (Wildman–Crippen LogP) is 2.50. The number of benzene rings is 1. The maximum absolute atomic E-state index is 12.4. The van der Waals surface area contributed by atoms with Crippen LogP contribution in [0.5, 0.6) is 0 Å². The molecule has 3 amide bonds. The van der Waals surface area contributed by atoms with Crippen LogP contribution in [0.15, 0.2) is 24.3 Å². The standard InChI is InChI=1S/C18H25ClN4O2/c19-15-5-3-6-16(13-15)20-18(25)23-10-4-7-21(11-12-23)14-17(24)22-8-1-2-9-22/h3,5-6,13H,1-2,4,7-12,14H2,(H,20,25). The molecule has 0 radical (unpaired) electrons. The molecule has 7 heteroatoms. The maximum atomic E-state index is 12.4. The summed E-state index contributed by atoms with van der Waals surface area (Å²) in [6, 6.07) is 7.03. The molecule has 0 aliphatic carbocycles. The fraction of sp³-hybridized carbons (Fsp3) is 0.556. The zero-order valence-electron chi connectivity index (χ0n) is 14.4. The van der Waals surface area contributed by atoms with Crippen molar-refractivity contribution in [3.8, 4) is 0 Å². The molecule has 0 bridgehead atoms. The van der Waals surface area contributed by atoms with Gasteiger partial charge in [-0.1, -0.05) is 17.7 Å². The van der Waals surface area contributed by atoms with E-state index in [4.69, 9.17) is 11.6 Å². The Kier molecular flexibility index (Phi) is 6.15. The van der Waals surface area contributed by atoms with E-state index in [2.05, 4.69) is 10.2 Å². The second kappa shape index (κ2) is 8.54. The van der Waals surface area contributed by atoms with Crippen molar-refractivity contribution in [2.45, 2.75) is 19.3 Å². The molecular formula is C18H25ClN4O2. The zero-order valence-corrected chi connectivity index (χ0v) is 15.2. The van der Waals surface area contributed by atoms with Crippen molar-refractivity contribution in [3.63, 3.8) is 0 Å². The Morgan fingerprint density at radius 2 is 1.72 bits per heavy atom. The summed E-state index contributed by atoms with van der Waals surface area (Å²) in [6.45, 7) is 5.13. The van der Waals surface area contributed by atoms with Crippen LogP contribution in [0.4, 0.5) is 10.5 Å². The fourth-order valence-electron chi connectivity index (χ4n) is 3.36. The van der Waals surface area contributed by atoms with Gasteiger partial charge >= 0.3 is 6.03 Å². The Bertz CT molecular complexity index is 619. The fourth-order valence-corrected chi connectivity index (χ4v) is 3.55. The van der Waals surface area contributed by atoms with Crippen molar-refractivity contribution in [1.82, 2.24) is 14.7 Å². The van der Waals surface area contributed by atoms with Gasteiger partial charge in [-0.25, -0.2) is 4.79 Å². The first kappa shape index (κ1) is 18.0. The molecule has 2 saturated heterocycles. The van der Waals surface area contributed by atoms with Gasteiger partial charge in [-0.2, -0.15) is 0 Å². The van der Waals surface area contributed by atoms with Crippen molar-refractivity contribution in [2.24, 2.45) is 0 Å². The molecule has 0 spiro atoms. The van der Waals surface area contributed by atoms with Crippen LogP contribution in [0, 0.1) is 0 Å². The molecule has 2 fully saturated rings. The lowest BCUT2D eigenvalue weighted by atomic mass is 10.3. The minimum Gasteiger partial charge on any atom is -0.342 e. The van der Waals surface area contributed by atoms with E-state index >= 15 is 0 Å². The SMILES string of the molecule is O=C(CN1CCCN(C(=O)Nc2cccc(Cl)c2)CC1)N1CCCC1. The lowest BCUT2D eigenvalue weighted by Gasteiger charge is -2.24. The molecule has 0 atom stereocenters. The average molecular weight is 365 g/mol. The van der Waals surface area contributed by atoms with E-state index < -0.39 is 0 Å². The van der Waals surface area contributed by atoms with Gasteiger partial charge in [-0.15, -0.1) is 0 Å². The van der Waals surface area contributed by atoms with Gasteiger partial charge in [0.25, 0.3) is 0 Å². The number of carbonyl (C=O) groups is 2. The summed E-state index contributed by atoms with van der Waals surface area (Å²) < 4.78 is 0. The zero-order chi connectivity index (χ0) is 17.6. The van der Waals surface area contributed by atoms with Crippen LogP contribution in [0.1, 0.15) is 19.3 Å². The summed E-state index contributed by atoms with van der Waals surface area (Å²) in [5, 5.41) is 3.49. The molecule has 2 aliphatic heterocycles. The van der Waals surface area contributed by atoms with Crippen LogP contribution < -0.4 is 5.32 Å². The molecule has 0 unspecified atom stereocenters. The van der Waals surface area contributed by atoms with Gasteiger partial charge in [0.05, 0.1) is 6.54 Å². The van der Waals surface area contributed by atoms with Gasteiger partial charge in [0, 0.05) is 50.0 Å². The quantitative estimate of drug-likeness (QED) is 0.896. The lowest BCUT2D eigenvalue weighted by molar-refractivity contribution is -0.131. The Morgan fingerprint density at radius 3 is 2.48 bits per heavy atom. The number of halogens is 1. The minimum absolute atomic E-state index is 0.116. The summed E-state index contributed by atoms with van der Waals surface area (Å²) in [4.78, 5) is 30.7. The van der Waals surface area contributed by atoms with Crippen molar-refractivity contribution in [3.05, 3.63) is 29.3 Å². The van der Waals surface area contributed by atoms with E-state index in [1.807, 2.05) is 17.0 Å². The number of nitrogens with one attached hydrogen (secondary N) is 1. The smallest absolute Gasteiger partial charge is 0.321 e. The Labute approximate surface area is 153 Å². The number of anilines is 1. The lowest BCUT2D eigenvalue weighted by Crippen LogP contribution is -2.41. The van der Waals surface area contributed by atoms with Gasteiger partial charge in [-0.3, -0.25) is 9.69 Å². The van der Waals surface area contributed by atoms with Crippen LogP contribution in [0.2, 0.25) is 5.02 Å². The van der Waals surface area contributed by atoms with Crippen LogP contribution in [-0.2, 0) is 4.79 Å². The van der Waals surface area contributed by atoms with E-state index in [1.165, 1.54) is 0 Å². The van der Waals surface area contributed by atoms with Gasteiger partial charge in [-0.05, 0) is 37.5 Å². The van der Waals surface area contributed by atoms with E-state index in [1.54, 1.807) is 17.0 Å². The summed E-state index contributed by atoms with van der Waals surface area (Å²) in [5.41, 5.74) is 0.697. The third-order valence-corrected chi connectivity index (χ3v) is 5.00. The van der Waals surface area contributed by atoms with E-state index in [-0.39, 0.29) is 11.9 Å². The Balaban J connectivity index is 1.49. The van der Waals surface area contributed by atoms with Crippen LogP contribution in [-0.4, -0.2) is 72.5 Å². The van der Waals surface area contributed by atoms with E-state index in [0.29, 0.717) is 30.3 Å². The van der Waals surface area contributed by atoms with Crippen LogP contribution in [0.3, 0.4) is 0 Å². The second-order valence-corrected chi connectivity index (χ2v) is 7.08. The molecular weight excluding hydrogens is 340 g/mol. The topological polar surface area (TPSA) is 55.9 Å². The summed E-state index contributed by atoms with van der Waals surface area (Å²) in [6.07, 6.45) is 3.10. The number of hydrogen-bond donors (Lipinski definition) is 1. The highest BCUT2D eigenvalue weighted by molar-refractivity contribution is 6.30. The van der Waals surface area contributed by atoms with Crippen LogP contribution >= 0.6 is 11.6 Å². The first-order valence-corrected chi connectivity index (χ1v) is 9.31. The van der Waals surface area contributed by atoms with Crippen molar-refractivity contribution in [2.75, 3.05) is 51.1 Å². The van der Waals surface area contributed by atoms with Crippen LogP contribution in [0.25, 0.3) is 0 Å². The summed E-state index contributed by atoms with van der Waals surface area (Å²) in [7, 11) is 0. The van der Waals surface area contributed by atoms with Gasteiger partial charge < -0.3 is 15.1 Å². The van der Waals surface area contributed by atoms with E-state index in [9.17, 15) is 9.59 Å². The number of amides is 3. The highest BCUT2D eigenvalue weighted by atomic mass is 35.5. The number of urea groups is 1. The third kappa shape index (κ3) is 5.09. The molecule has 6 nitrogen and oxygen atoms in total. The first-order chi connectivity index (χ1) is 12.1. The molecule has 3 rings (SSSR count). The highest BCUT2D eigenvalue weighted by Crippen LogP contribution is 2.16. The van der Waals surface area contributed by atoms with Crippen molar-refractivity contribution in [1.29, 1.82) is 0 Å². The second-order valence-electron chi connectivity index (χ2n) is 6.65. The molecule has 136 valence electrons. The molecule has 25 heavy (non-hydrogen) atoms. The van der Waals surface area contributed by atoms with Gasteiger partial charge in [0.15, 0.2) is 0 Å². The number of rotatable bonds is 3. The highest BCUT2D eigenvalue weighted by Gasteiger charge is 2.23. The number of nitrogens with zero attached hydrogens (tertiary/aromatic N) is 3. The normalized spacial score (nSPS) is 18.9. The predicted molar refractivity (Wildman–Crippen MR) is 98.9 cm³/mol. The van der Waals surface area contributed by atoms with Gasteiger partial charge in [0.1, 0.15) is 0 Å². The monoisotopic (exact) mass is 364 g/mol. The molecule has 1 N–H and O–H groups in total. The molecule has 0 saturated carbocycles. The molecule has 1 aromatic rings. The first-order valence-electron chi connectivity index (χ1n) is 8.93. The number of hydrogen-bond acceptors (Lipinski definition) is 3. The third-order valence-electron chi connectivity index (χ3n) is 4.77. The summed E-state index contributed by atoms with van der Waals surface area (Å²) >= 11 is 5.95. The maximum Gasteiger partial charge on any atom is 0.321 e. The minimum atomic E-state index is -0.116. The average Bonchev–Trinajstić information content (AvgIpc) is 3.02. The molecule has 2 heterocycles. The number of likely N-dealkylation sites (tertiary alicyclic amines) is 1. The summed E-state index contributed by atoms with van der Waals surface area (Å²) in [5.74, 6) is 0.217. The molecule has 0 aromatic heterocycles. The van der Waals surface area contributed by atoms with Gasteiger partial charge in [0.2, 0.25) is 5.91 Å². The molecule has 1 aromatic carbocycles. The molecule has 2 aliphatic rings. The Morgan fingerprint density at radius 1 is 0.960 bits per heavy atom. The Hall–Kier alpha value is -1.79. The largest absolute Gasteiger partial charge is 0.342 e. The van der Waals surface area contributed by atoms with Crippen molar-refractivity contribution >= 4 is 29.2 Å². The van der Waals surface area contributed by atoms with Crippen molar-refractivity contribution < 1.29 is 9.59 Å². The van der Waals surface area contributed by atoms with E-state index in [0.717, 1.165) is 45.4 Å².